The van der Waals surface area contributed by atoms with Gasteiger partial charge in [-0.2, -0.15) is 0 Å². The van der Waals surface area contributed by atoms with Crippen LogP contribution in [0.1, 0.15) is 0 Å². The van der Waals surface area contributed by atoms with Crippen molar-refractivity contribution in [3.8, 4) is 0 Å². The molecule has 2 heterocycles. The molecule has 2 rings (SSSR count). The van der Waals surface area contributed by atoms with E-state index in [1.54, 1.807) is 0 Å². The first kappa shape index (κ1) is 10.4. The third kappa shape index (κ3) is 2.49. The van der Waals surface area contributed by atoms with Crippen LogP contribution in [0.5, 0.6) is 0 Å². The Morgan fingerprint density at radius 2 is 2.07 bits per heavy atom. The van der Waals surface area contributed by atoms with Gasteiger partial charge in [-0.05, 0) is 34.7 Å². The van der Waals surface area contributed by atoms with E-state index in [2.05, 4.69) is 43.9 Å². The van der Waals surface area contributed by atoms with Crippen molar-refractivity contribution in [2.24, 2.45) is 0 Å². The summed E-state index contributed by atoms with van der Waals surface area (Å²) in [7, 11) is 0. The highest BCUT2D eigenvalue weighted by Crippen LogP contribution is 2.20. The summed E-state index contributed by atoms with van der Waals surface area (Å²) in [4.78, 5) is 6.46. The molecule has 14 heavy (non-hydrogen) atoms. The van der Waals surface area contributed by atoms with Gasteiger partial charge in [0, 0.05) is 31.9 Å². The molecule has 1 aliphatic rings. The van der Waals surface area contributed by atoms with Crippen molar-refractivity contribution in [3.05, 3.63) is 21.0 Å². The Labute approximate surface area is 102 Å². The van der Waals surface area contributed by atoms with Crippen LogP contribution >= 0.6 is 34.2 Å². The second-order valence-electron chi connectivity index (χ2n) is 3.21. The molecule has 1 fully saturated rings. The average Bonchev–Trinajstić information content (AvgIpc) is 2.18. The molecule has 1 aromatic heterocycles. The van der Waals surface area contributed by atoms with Crippen molar-refractivity contribution < 1.29 is 0 Å². The number of nitrogens with one attached hydrogen (secondary N) is 1. The van der Waals surface area contributed by atoms with E-state index in [0.717, 1.165) is 29.9 Å². The molecule has 0 radical (unpaired) electrons. The second-order valence-corrected chi connectivity index (χ2v) is 4.70. The fraction of sp³-hybridized carbons (Fsp3) is 0.444. The predicted octanol–water partition coefficient (Wildman–Crippen LogP) is 1.75. The highest BCUT2D eigenvalue weighted by Gasteiger charge is 2.11. The van der Waals surface area contributed by atoms with Crippen LogP contribution in [0.3, 0.4) is 0 Å². The van der Waals surface area contributed by atoms with Gasteiger partial charge in [0.1, 0.15) is 8.85 Å². The molecule has 1 N–H and O–H groups in total. The summed E-state index contributed by atoms with van der Waals surface area (Å²) in [5.41, 5.74) is 1.18. The third-order valence-corrected chi connectivity index (χ3v) is 2.98. The first-order valence-corrected chi connectivity index (χ1v) is 6.00. The highest BCUT2D eigenvalue weighted by atomic mass is 127. The summed E-state index contributed by atoms with van der Waals surface area (Å²) < 4.78 is 0.948. The maximum atomic E-state index is 5.91. The Balaban J connectivity index is 2.21. The molecule has 0 spiro atoms. The molecule has 0 saturated carbocycles. The normalized spacial score (nSPS) is 17.1. The number of hydrogen-bond acceptors (Lipinski definition) is 3. The van der Waals surface area contributed by atoms with Crippen LogP contribution < -0.4 is 10.2 Å². The quantitative estimate of drug-likeness (QED) is 0.630. The fourth-order valence-corrected chi connectivity index (χ4v) is 2.48. The monoisotopic (exact) mass is 323 g/mol. The lowest BCUT2D eigenvalue weighted by molar-refractivity contribution is 0.589. The molecular formula is C9H11ClIN3. The van der Waals surface area contributed by atoms with Gasteiger partial charge in [0.05, 0.1) is 0 Å². The minimum absolute atomic E-state index is 0.574. The lowest BCUT2D eigenvalue weighted by Crippen LogP contribution is -2.43. The summed E-state index contributed by atoms with van der Waals surface area (Å²) in [6.45, 7) is 4.15. The molecule has 5 heteroatoms. The lowest BCUT2D eigenvalue weighted by Gasteiger charge is -2.29. The largest absolute Gasteiger partial charge is 0.369 e. The van der Waals surface area contributed by atoms with E-state index in [1.807, 2.05) is 6.07 Å². The van der Waals surface area contributed by atoms with Crippen LogP contribution in [-0.4, -0.2) is 31.2 Å². The topological polar surface area (TPSA) is 28.2 Å². The van der Waals surface area contributed by atoms with Gasteiger partial charge in [-0.25, -0.2) is 4.98 Å². The van der Waals surface area contributed by atoms with Gasteiger partial charge < -0.3 is 10.2 Å². The van der Waals surface area contributed by atoms with E-state index >= 15 is 0 Å². The number of pyridine rings is 1. The third-order valence-electron chi connectivity index (χ3n) is 2.23. The summed E-state index contributed by atoms with van der Waals surface area (Å²) in [6.07, 6.45) is 0. The van der Waals surface area contributed by atoms with Crippen molar-refractivity contribution in [1.82, 2.24) is 10.3 Å². The predicted molar refractivity (Wildman–Crippen MR) is 67.0 cm³/mol. The number of piperazine rings is 1. The minimum atomic E-state index is 0.574. The number of anilines is 1. The van der Waals surface area contributed by atoms with Crippen molar-refractivity contribution in [2.45, 2.75) is 0 Å². The number of halogens is 2. The standard InChI is InChI=1S/C9H11ClIN3/c10-8-5-7(6-9(11)13-8)14-3-1-12-2-4-14/h5-6,12H,1-4H2. The molecule has 1 aromatic rings. The van der Waals surface area contributed by atoms with Gasteiger partial charge in [-0.15, -0.1) is 0 Å². The Bertz CT molecular complexity index is 306. The average molecular weight is 324 g/mol. The Morgan fingerprint density at radius 1 is 1.36 bits per heavy atom. The van der Waals surface area contributed by atoms with Crippen LogP contribution in [0, 0.1) is 3.70 Å². The van der Waals surface area contributed by atoms with Gasteiger partial charge in [-0.3, -0.25) is 0 Å². The number of aromatic nitrogens is 1. The molecule has 0 atom stereocenters. The molecule has 0 aliphatic carbocycles. The van der Waals surface area contributed by atoms with Crippen LogP contribution in [0.2, 0.25) is 5.15 Å². The number of nitrogens with zero attached hydrogens (tertiary/aromatic N) is 2. The van der Waals surface area contributed by atoms with Gasteiger partial charge in [0.15, 0.2) is 0 Å². The molecule has 0 unspecified atom stereocenters. The molecule has 3 nitrogen and oxygen atoms in total. The highest BCUT2D eigenvalue weighted by molar-refractivity contribution is 14.1. The first-order chi connectivity index (χ1) is 6.75. The van der Waals surface area contributed by atoms with E-state index in [-0.39, 0.29) is 0 Å². The Morgan fingerprint density at radius 3 is 2.71 bits per heavy atom. The minimum Gasteiger partial charge on any atom is -0.369 e. The SMILES string of the molecule is Clc1cc(N2CCNCC2)cc(I)n1. The first-order valence-electron chi connectivity index (χ1n) is 4.54. The van der Waals surface area contributed by atoms with E-state index in [0.29, 0.717) is 5.15 Å². The van der Waals surface area contributed by atoms with Crippen molar-refractivity contribution in [1.29, 1.82) is 0 Å². The molecular weight excluding hydrogens is 312 g/mol. The van der Waals surface area contributed by atoms with Gasteiger partial charge >= 0.3 is 0 Å². The summed E-state index contributed by atoms with van der Waals surface area (Å²) in [5, 5.41) is 3.90. The van der Waals surface area contributed by atoms with Gasteiger partial charge in [0.25, 0.3) is 0 Å². The molecule has 1 saturated heterocycles. The maximum Gasteiger partial charge on any atom is 0.132 e. The Hall–Kier alpha value is -0.0700. The molecule has 0 amide bonds. The van der Waals surface area contributed by atoms with Crippen molar-refractivity contribution in [2.75, 3.05) is 31.1 Å². The summed E-state index contributed by atoms with van der Waals surface area (Å²) in [6, 6.07) is 3.99. The summed E-state index contributed by atoms with van der Waals surface area (Å²) in [5.74, 6) is 0. The lowest BCUT2D eigenvalue weighted by atomic mass is 10.3. The van der Waals surface area contributed by atoms with Crippen LogP contribution in [0.25, 0.3) is 0 Å². The fourth-order valence-electron chi connectivity index (χ4n) is 1.56. The van der Waals surface area contributed by atoms with Crippen LogP contribution in [0.15, 0.2) is 12.1 Å². The number of hydrogen-bond donors (Lipinski definition) is 1. The molecule has 76 valence electrons. The zero-order chi connectivity index (χ0) is 9.97. The van der Waals surface area contributed by atoms with E-state index in [1.165, 1.54) is 5.69 Å². The Kier molecular flexibility index (Phi) is 3.46. The van der Waals surface area contributed by atoms with Crippen LogP contribution in [-0.2, 0) is 0 Å². The zero-order valence-corrected chi connectivity index (χ0v) is 10.5. The maximum absolute atomic E-state index is 5.91. The summed E-state index contributed by atoms with van der Waals surface area (Å²) >= 11 is 8.10. The van der Waals surface area contributed by atoms with Crippen molar-refractivity contribution >= 4 is 39.9 Å². The van der Waals surface area contributed by atoms with E-state index in [4.69, 9.17) is 11.6 Å². The second kappa shape index (κ2) is 4.63. The van der Waals surface area contributed by atoms with Crippen LogP contribution in [0.4, 0.5) is 5.69 Å². The van der Waals surface area contributed by atoms with Gasteiger partial charge in [0.2, 0.25) is 0 Å². The van der Waals surface area contributed by atoms with E-state index in [9.17, 15) is 0 Å². The number of rotatable bonds is 1. The molecule has 0 aromatic carbocycles. The van der Waals surface area contributed by atoms with Crippen molar-refractivity contribution in [3.63, 3.8) is 0 Å². The smallest absolute Gasteiger partial charge is 0.132 e. The molecule has 1 aliphatic heterocycles. The van der Waals surface area contributed by atoms with E-state index < -0.39 is 0 Å². The zero-order valence-electron chi connectivity index (χ0n) is 7.63. The van der Waals surface area contributed by atoms with Gasteiger partial charge in [-0.1, -0.05) is 11.6 Å². The molecule has 0 bridgehead atoms.